The number of hydrogen-bond donors (Lipinski definition) is 1. The van der Waals surface area contributed by atoms with Gasteiger partial charge in [0.05, 0.1) is 19.3 Å². The van der Waals surface area contributed by atoms with E-state index in [-0.39, 0.29) is 12.0 Å². The number of aromatic amines is 1. The third-order valence-electron chi connectivity index (χ3n) is 7.22. The van der Waals surface area contributed by atoms with E-state index in [1.807, 2.05) is 80.6 Å². The molecule has 5 rings (SSSR count). The maximum atomic E-state index is 13.9. The van der Waals surface area contributed by atoms with Gasteiger partial charge in [-0.15, -0.1) is 5.54 Å². The number of carbonyl (C=O) groups excluding carboxylic acids is 2. The lowest BCUT2D eigenvalue weighted by Gasteiger charge is -2.40. The minimum atomic E-state index is -1.85. The van der Waals surface area contributed by atoms with Gasteiger partial charge in [-0.2, -0.15) is 0 Å². The van der Waals surface area contributed by atoms with Crippen LogP contribution in [-0.2, 0) is 20.7 Å². The SMILES string of the molecule is COC(=O)C1Cc2c([nH]c3ccc(Br)cc23)C(c2ccc(-c3ccc(OC(C)C)cc3)cc2)N1C(=O)C#C[Si](C)(C)C. The number of amides is 1. The lowest BCUT2D eigenvalue weighted by atomic mass is 9.87. The van der Waals surface area contributed by atoms with E-state index in [1.54, 1.807) is 4.90 Å². The third-order valence-corrected chi connectivity index (χ3v) is 8.59. The number of hydrogen-bond acceptors (Lipinski definition) is 4. The number of aromatic nitrogens is 1. The summed E-state index contributed by atoms with van der Waals surface area (Å²) in [7, 11) is -0.489. The molecule has 8 heteroatoms. The fourth-order valence-electron chi connectivity index (χ4n) is 5.39. The molecule has 0 aliphatic carbocycles. The predicted molar refractivity (Wildman–Crippen MR) is 173 cm³/mol. The van der Waals surface area contributed by atoms with Crippen molar-refractivity contribution in [3.63, 3.8) is 0 Å². The molecule has 42 heavy (non-hydrogen) atoms. The van der Waals surface area contributed by atoms with Gasteiger partial charge in [0, 0.05) is 27.5 Å². The van der Waals surface area contributed by atoms with Crippen LogP contribution >= 0.6 is 15.9 Å². The molecule has 0 fully saturated rings. The van der Waals surface area contributed by atoms with Crippen LogP contribution in [0.3, 0.4) is 0 Å². The van der Waals surface area contributed by atoms with Gasteiger partial charge in [-0.1, -0.05) is 72.0 Å². The smallest absolute Gasteiger partial charge is 0.328 e. The van der Waals surface area contributed by atoms with Crippen molar-refractivity contribution in [3.8, 4) is 28.3 Å². The number of fused-ring (bicyclic) bond motifs is 3. The van der Waals surface area contributed by atoms with E-state index in [9.17, 15) is 9.59 Å². The van der Waals surface area contributed by atoms with Crippen LogP contribution in [0.2, 0.25) is 19.6 Å². The molecule has 6 nitrogen and oxygen atoms in total. The quantitative estimate of drug-likeness (QED) is 0.141. The highest BCUT2D eigenvalue weighted by molar-refractivity contribution is 9.10. The second-order valence-electron chi connectivity index (χ2n) is 11.9. The number of halogens is 1. The Bertz CT molecular complexity index is 1690. The molecule has 1 amide bonds. The minimum absolute atomic E-state index is 0.108. The van der Waals surface area contributed by atoms with E-state index >= 15 is 0 Å². The molecule has 1 aromatic heterocycles. The van der Waals surface area contributed by atoms with Crippen LogP contribution < -0.4 is 4.74 Å². The maximum Gasteiger partial charge on any atom is 0.328 e. The number of rotatable bonds is 5. The van der Waals surface area contributed by atoms with E-state index in [0.717, 1.165) is 49.1 Å². The topological polar surface area (TPSA) is 71.6 Å². The third kappa shape index (κ3) is 6.18. The van der Waals surface area contributed by atoms with Crippen molar-refractivity contribution in [2.45, 2.75) is 58.1 Å². The number of nitrogens with one attached hydrogen (secondary N) is 1. The molecule has 0 saturated carbocycles. The van der Waals surface area contributed by atoms with Gasteiger partial charge in [-0.05, 0) is 72.4 Å². The predicted octanol–water partition coefficient (Wildman–Crippen LogP) is 7.28. The Kier molecular flexibility index (Phi) is 8.36. The average molecular weight is 644 g/mol. The highest BCUT2D eigenvalue weighted by Gasteiger charge is 2.44. The average Bonchev–Trinajstić information content (AvgIpc) is 3.31. The number of methoxy groups -OCH3 is 1. The highest BCUT2D eigenvalue weighted by atomic mass is 79.9. The molecule has 1 aliphatic rings. The Morgan fingerprint density at radius 1 is 1.00 bits per heavy atom. The molecule has 3 aromatic carbocycles. The van der Waals surface area contributed by atoms with Gasteiger partial charge in [0.1, 0.15) is 19.9 Å². The van der Waals surface area contributed by atoms with Crippen molar-refractivity contribution in [2.75, 3.05) is 7.11 Å². The van der Waals surface area contributed by atoms with Gasteiger partial charge in [0.2, 0.25) is 0 Å². The lowest BCUT2D eigenvalue weighted by Crippen LogP contribution is -2.51. The van der Waals surface area contributed by atoms with Crippen LogP contribution in [0, 0.1) is 11.5 Å². The summed E-state index contributed by atoms with van der Waals surface area (Å²) in [4.78, 5) is 32.3. The number of esters is 1. The van der Waals surface area contributed by atoms with Crippen molar-refractivity contribution in [1.82, 2.24) is 9.88 Å². The van der Waals surface area contributed by atoms with E-state index in [4.69, 9.17) is 9.47 Å². The first-order chi connectivity index (χ1) is 19.9. The fraction of sp³-hybridized carbons (Fsp3) is 0.294. The molecule has 0 radical (unpaired) electrons. The van der Waals surface area contributed by atoms with E-state index < -0.39 is 26.1 Å². The van der Waals surface area contributed by atoms with Crippen molar-refractivity contribution >= 4 is 46.8 Å². The van der Waals surface area contributed by atoms with E-state index in [0.29, 0.717) is 6.42 Å². The molecule has 4 aromatic rings. The van der Waals surface area contributed by atoms with Crippen molar-refractivity contribution in [1.29, 1.82) is 0 Å². The first kappa shape index (κ1) is 29.7. The zero-order valence-corrected chi connectivity index (χ0v) is 27.3. The second-order valence-corrected chi connectivity index (χ2v) is 17.5. The van der Waals surface area contributed by atoms with Gasteiger partial charge < -0.3 is 19.4 Å². The molecule has 0 saturated heterocycles. The fourth-order valence-corrected chi connectivity index (χ4v) is 6.23. The maximum absolute atomic E-state index is 13.9. The molecule has 0 spiro atoms. The monoisotopic (exact) mass is 642 g/mol. The summed E-state index contributed by atoms with van der Waals surface area (Å²) in [5, 5.41) is 1.01. The Balaban J connectivity index is 1.63. The zero-order valence-electron chi connectivity index (χ0n) is 24.7. The molecule has 2 unspecified atom stereocenters. The van der Waals surface area contributed by atoms with Crippen LogP contribution in [-0.4, -0.2) is 49.1 Å². The van der Waals surface area contributed by atoms with E-state index in [1.165, 1.54) is 7.11 Å². The number of carbonyl (C=O) groups is 2. The molecule has 0 bridgehead atoms. The summed E-state index contributed by atoms with van der Waals surface area (Å²) in [5.74, 6) is 2.87. The Morgan fingerprint density at radius 3 is 2.24 bits per heavy atom. The Morgan fingerprint density at radius 2 is 1.64 bits per heavy atom. The molecule has 1 N–H and O–H groups in total. The summed E-state index contributed by atoms with van der Waals surface area (Å²) in [6.07, 6.45) is 0.439. The largest absolute Gasteiger partial charge is 0.491 e. The summed E-state index contributed by atoms with van der Waals surface area (Å²) in [5.41, 5.74) is 8.98. The summed E-state index contributed by atoms with van der Waals surface area (Å²) in [6.45, 7) is 10.3. The van der Waals surface area contributed by atoms with E-state index in [2.05, 4.69) is 52.0 Å². The standard InChI is InChI=1S/C34H35BrN2O4Si/c1-21(2)41-26-14-11-23(12-15-26)22-7-9-24(10-8-22)33-32-28(27-19-25(35)13-16-29(27)36-32)20-30(34(39)40-3)37(33)31(38)17-18-42(4,5)6/h7-16,19,21,30,33,36H,20H2,1-6H3. The highest BCUT2D eigenvalue weighted by Crippen LogP contribution is 2.42. The summed E-state index contributed by atoms with van der Waals surface area (Å²) < 4.78 is 12.0. The van der Waals surface area contributed by atoms with Gasteiger partial charge in [0.15, 0.2) is 0 Å². The van der Waals surface area contributed by atoms with Gasteiger partial charge >= 0.3 is 5.97 Å². The number of H-pyrrole nitrogens is 1. The molecule has 2 atom stereocenters. The van der Waals surface area contributed by atoms with Crippen LogP contribution in [0.15, 0.2) is 71.2 Å². The molecule has 2 heterocycles. The first-order valence-corrected chi connectivity index (χ1v) is 18.3. The molecular weight excluding hydrogens is 608 g/mol. The first-order valence-electron chi connectivity index (χ1n) is 14.1. The Labute approximate surface area is 256 Å². The summed E-state index contributed by atoms with van der Waals surface area (Å²) >= 11 is 3.59. The molecular formula is C34H35BrN2O4Si. The molecule has 216 valence electrons. The number of nitrogens with zero attached hydrogens (tertiary/aromatic N) is 1. The van der Waals surface area contributed by atoms with Crippen molar-refractivity contribution < 1.29 is 19.1 Å². The normalized spacial score (nSPS) is 16.5. The van der Waals surface area contributed by atoms with Gasteiger partial charge in [0.25, 0.3) is 5.91 Å². The molecule has 1 aliphatic heterocycles. The number of benzene rings is 3. The zero-order chi connectivity index (χ0) is 30.2. The number of ether oxygens (including phenoxy) is 2. The second kappa shape index (κ2) is 11.8. The van der Waals surface area contributed by atoms with Crippen LogP contribution in [0.1, 0.15) is 36.7 Å². The lowest BCUT2D eigenvalue weighted by molar-refractivity contribution is -0.153. The van der Waals surface area contributed by atoms with Gasteiger partial charge in [-0.3, -0.25) is 4.79 Å². The summed E-state index contributed by atoms with van der Waals surface area (Å²) in [6, 6.07) is 20.8. The minimum Gasteiger partial charge on any atom is -0.491 e. The van der Waals surface area contributed by atoms with Crippen LogP contribution in [0.4, 0.5) is 0 Å². The van der Waals surface area contributed by atoms with Crippen LogP contribution in [0.25, 0.3) is 22.0 Å². The van der Waals surface area contributed by atoms with Crippen LogP contribution in [0.5, 0.6) is 5.75 Å². The van der Waals surface area contributed by atoms with Gasteiger partial charge in [-0.25, -0.2) is 4.79 Å². The Hall–Kier alpha value is -3.80. The van der Waals surface area contributed by atoms with Crippen molar-refractivity contribution in [3.05, 3.63) is 88.0 Å². The van der Waals surface area contributed by atoms with Crippen molar-refractivity contribution in [2.24, 2.45) is 0 Å².